The molecule has 2 fully saturated rings. The summed E-state index contributed by atoms with van der Waals surface area (Å²) in [5.74, 6) is -0.548. The van der Waals surface area contributed by atoms with Gasteiger partial charge in [0, 0.05) is 30.4 Å². The Labute approximate surface area is 122 Å². The van der Waals surface area contributed by atoms with Crippen LogP contribution in [-0.4, -0.2) is 29.6 Å². The molecule has 1 aliphatic carbocycles. The fourth-order valence-electron chi connectivity index (χ4n) is 2.95. The lowest BCUT2D eigenvalue weighted by Gasteiger charge is -2.20. The molecule has 19 heavy (non-hydrogen) atoms. The van der Waals surface area contributed by atoms with Gasteiger partial charge in [0.05, 0.1) is 10.0 Å². The summed E-state index contributed by atoms with van der Waals surface area (Å²) in [6.07, 6.45) is 3.75. The molecule has 3 rings (SSSR count). The topological polar surface area (TPSA) is 15.3 Å². The Balaban J connectivity index is 1.69. The Morgan fingerprint density at radius 1 is 1.26 bits per heavy atom. The summed E-state index contributed by atoms with van der Waals surface area (Å²) in [7, 11) is 0. The molecule has 0 bridgehead atoms. The summed E-state index contributed by atoms with van der Waals surface area (Å²) in [4.78, 5) is 2.56. The number of benzene rings is 1. The monoisotopic (exact) mass is 302 g/mol. The van der Waals surface area contributed by atoms with E-state index in [2.05, 4.69) is 17.1 Å². The van der Waals surface area contributed by atoms with E-state index in [0.29, 0.717) is 12.1 Å². The molecule has 2 aliphatic rings. The van der Waals surface area contributed by atoms with Gasteiger partial charge in [0.2, 0.25) is 0 Å². The fraction of sp³-hybridized carbons (Fsp3) is 0.571. The van der Waals surface area contributed by atoms with Gasteiger partial charge in [-0.05, 0) is 38.3 Å². The number of rotatable bonds is 3. The average molecular weight is 303 g/mol. The first-order valence-corrected chi connectivity index (χ1v) is 7.47. The van der Waals surface area contributed by atoms with E-state index in [4.69, 9.17) is 23.2 Å². The molecule has 1 heterocycles. The van der Waals surface area contributed by atoms with Crippen molar-refractivity contribution in [3.05, 3.63) is 28.0 Å². The minimum atomic E-state index is -0.548. The number of halogens is 3. The van der Waals surface area contributed by atoms with Crippen molar-refractivity contribution < 1.29 is 4.39 Å². The average Bonchev–Trinajstić information content (AvgIpc) is 3.11. The second-order valence-corrected chi connectivity index (χ2v) is 6.42. The van der Waals surface area contributed by atoms with Gasteiger partial charge in [-0.1, -0.05) is 23.2 Å². The van der Waals surface area contributed by atoms with Gasteiger partial charge in [-0.2, -0.15) is 0 Å². The van der Waals surface area contributed by atoms with Gasteiger partial charge in [0.15, 0.2) is 5.82 Å². The van der Waals surface area contributed by atoms with Crippen LogP contribution in [0.4, 0.5) is 10.1 Å². The number of hydrogen-bond acceptors (Lipinski definition) is 2. The molecule has 1 aromatic rings. The van der Waals surface area contributed by atoms with Crippen LogP contribution in [0.15, 0.2) is 12.1 Å². The minimum absolute atomic E-state index is 0.0695. The van der Waals surface area contributed by atoms with Gasteiger partial charge in [-0.25, -0.2) is 4.39 Å². The molecule has 0 spiro atoms. The van der Waals surface area contributed by atoms with E-state index >= 15 is 0 Å². The molecule has 2 atom stereocenters. The summed E-state index contributed by atoms with van der Waals surface area (Å²) >= 11 is 11.6. The number of likely N-dealkylation sites (tertiary alicyclic amines) is 1. The summed E-state index contributed by atoms with van der Waals surface area (Å²) in [5.41, 5.74) is 0.797. The third-order valence-electron chi connectivity index (χ3n) is 3.99. The van der Waals surface area contributed by atoms with Crippen LogP contribution < -0.4 is 5.32 Å². The summed E-state index contributed by atoms with van der Waals surface area (Å²) in [6.45, 7) is 3.31. The molecule has 1 saturated carbocycles. The molecule has 1 saturated heterocycles. The van der Waals surface area contributed by atoms with Crippen LogP contribution in [0.3, 0.4) is 0 Å². The van der Waals surface area contributed by atoms with Crippen LogP contribution in [0.5, 0.6) is 0 Å². The lowest BCUT2D eigenvalue weighted by molar-refractivity contribution is 0.257. The normalized spacial score (nSPS) is 27.8. The molecule has 104 valence electrons. The lowest BCUT2D eigenvalue weighted by atomic mass is 10.2. The summed E-state index contributed by atoms with van der Waals surface area (Å²) in [5, 5.41) is 3.55. The van der Waals surface area contributed by atoms with Gasteiger partial charge < -0.3 is 5.32 Å². The Morgan fingerprint density at radius 3 is 2.47 bits per heavy atom. The van der Waals surface area contributed by atoms with E-state index in [1.54, 1.807) is 12.1 Å². The van der Waals surface area contributed by atoms with Crippen molar-refractivity contribution in [2.45, 2.75) is 44.3 Å². The van der Waals surface area contributed by atoms with Crippen molar-refractivity contribution in [2.24, 2.45) is 0 Å². The van der Waals surface area contributed by atoms with Crippen molar-refractivity contribution in [1.29, 1.82) is 0 Å². The minimum Gasteiger partial charge on any atom is -0.381 e. The molecule has 0 amide bonds. The molecular formula is C14H17Cl2FN2. The summed E-state index contributed by atoms with van der Waals surface area (Å²) < 4.78 is 13.4. The molecule has 1 N–H and O–H groups in total. The lowest BCUT2D eigenvalue weighted by Crippen LogP contribution is -2.31. The van der Waals surface area contributed by atoms with Crippen molar-refractivity contribution in [2.75, 3.05) is 11.9 Å². The van der Waals surface area contributed by atoms with Crippen LogP contribution in [0.25, 0.3) is 0 Å². The van der Waals surface area contributed by atoms with E-state index in [1.807, 2.05) is 0 Å². The molecule has 2 unspecified atom stereocenters. The predicted molar refractivity (Wildman–Crippen MR) is 77.6 cm³/mol. The molecular weight excluding hydrogens is 286 g/mol. The highest BCUT2D eigenvalue weighted by molar-refractivity contribution is 6.35. The maximum absolute atomic E-state index is 13.4. The van der Waals surface area contributed by atoms with E-state index in [9.17, 15) is 4.39 Å². The highest BCUT2D eigenvalue weighted by Crippen LogP contribution is 2.35. The van der Waals surface area contributed by atoms with E-state index in [0.717, 1.165) is 24.7 Å². The first-order chi connectivity index (χ1) is 9.04. The molecule has 1 aliphatic heterocycles. The quantitative estimate of drug-likeness (QED) is 0.843. The maximum atomic E-state index is 13.4. The highest BCUT2D eigenvalue weighted by atomic mass is 35.5. The van der Waals surface area contributed by atoms with E-state index in [-0.39, 0.29) is 10.0 Å². The zero-order chi connectivity index (χ0) is 13.6. The Hall–Kier alpha value is -0.510. The zero-order valence-corrected chi connectivity index (χ0v) is 12.3. The number of hydrogen-bond donors (Lipinski definition) is 1. The van der Waals surface area contributed by atoms with Crippen LogP contribution in [0, 0.1) is 5.82 Å². The first-order valence-electron chi connectivity index (χ1n) is 6.71. The van der Waals surface area contributed by atoms with Crippen LogP contribution in [0.2, 0.25) is 10.0 Å². The first kappa shape index (κ1) is 13.5. The predicted octanol–water partition coefficient (Wildman–Crippen LogP) is 4.17. The van der Waals surface area contributed by atoms with Crippen LogP contribution in [-0.2, 0) is 0 Å². The number of nitrogens with one attached hydrogen (secondary N) is 1. The second kappa shape index (κ2) is 5.12. The SMILES string of the molecule is CC1CC(Nc2cc(Cl)c(F)c(Cl)c2)CN1C1CC1. The molecule has 5 heteroatoms. The second-order valence-electron chi connectivity index (χ2n) is 5.61. The third kappa shape index (κ3) is 2.83. The Kier molecular flexibility index (Phi) is 3.63. The Morgan fingerprint density at radius 2 is 1.89 bits per heavy atom. The van der Waals surface area contributed by atoms with Gasteiger partial charge in [-0.3, -0.25) is 4.90 Å². The van der Waals surface area contributed by atoms with Crippen molar-refractivity contribution >= 4 is 28.9 Å². The zero-order valence-electron chi connectivity index (χ0n) is 10.8. The van der Waals surface area contributed by atoms with E-state index in [1.165, 1.54) is 12.8 Å². The molecule has 1 aromatic carbocycles. The third-order valence-corrected chi connectivity index (χ3v) is 4.54. The van der Waals surface area contributed by atoms with Crippen LogP contribution in [0.1, 0.15) is 26.2 Å². The maximum Gasteiger partial charge on any atom is 0.160 e. The molecule has 2 nitrogen and oxygen atoms in total. The van der Waals surface area contributed by atoms with Gasteiger partial charge in [0.1, 0.15) is 0 Å². The number of nitrogens with zero attached hydrogens (tertiary/aromatic N) is 1. The standard InChI is InChI=1S/C14H17Cl2FN2/c1-8-4-10(7-19(8)11-2-3-11)18-9-5-12(15)14(17)13(16)6-9/h5-6,8,10-11,18H,2-4,7H2,1H3. The summed E-state index contributed by atoms with van der Waals surface area (Å²) in [6, 6.07) is 4.98. The van der Waals surface area contributed by atoms with Gasteiger partial charge in [0.25, 0.3) is 0 Å². The van der Waals surface area contributed by atoms with Crippen molar-refractivity contribution in [3.63, 3.8) is 0 Å². The Bertz CT molecular complexity index is 467. The van der Waals surface area contributed by atoms with E-state index < -0.39 is 5.82 Å². The van der Waals surface area contributed by atoms with Crippen molar-refractivity contribution in [1.82, 2.24) is 4.90 Å². The highest BCUT2D eigenvalue weighted by Gasteiger charge is 2.38. The number of anilines is 1. The van der Waals surface area contributed by atoms with Gasteiger partial charge >= 0.3 is 0 Å². The fourth-order valence-corrected chi connectivity index (χ4v) is 3.44. The molecule has 0 radical (unpaired) electrons. The smallest absolute Gasteiger partial charge is 0.160 e. The van der Waals surface area contributed by atoms with Gasteiger partial charge in [-0.15, -0.1) is 0 Å². The molecule has 0 aromatic heterocycles. The largest absolute Gasteiger partial charge is 0.381 e. The van der Waals surface area contributed by atoms with Crippen LogP contribution >= 0.6 is 23.2 Å². The van der Waals surface area contributed by atoms with Crippen molar-refractivity contribution in [3.8, 4) is 0 Å².